The number of hydrogen-bond acceptors (Lipinski definition) is 2. The van der Waals surface area contributed by atoms with E-state index < -0.39 is 17.3 Å². The lowest BCUT2D eigenvalue weighted by atomic mass is 10.0. The van der Waals surface area contributed by atoms with Crippen LogP contribution in [-0.2, 0) is 12.6 Å². The Bertz CT molecular complexity index is 371. The Morgan fingerprint density at radius 3 is 2.60 bits per heavy atom. The predicted octanol–water partition coefficient (Wildman–Crippen LogP) is 2.17. The molecule has 1 N–H and O–H groups in total. The van der Waals surface area contributed by atoms with Gasteiger partial charge in [0, 0.05) is 18.8 Å². The molecule has 1 aromatic rings. The number of hydrogen-bond donors (Lipinski definition) is 1. The second-order valence-electron chi connectivity index (χ2n) is 3.93. The minimum Gasteiger partial charge on any atom is -0.390 e. The summed E-state index contributed by atoms with van der Waals surface area (Å²) in [5.74, 6) is 0. The smallest absolute Gasteiger partial charge is 0.390 e. The lowest BCUT2D eigenvalue weighted by Gasteiger charge is -2.14. The number of alkyl halides is 3. The van der Waals surface area contributed by atoms with E-state index in [1.807, 2.05) is 0 Å². The summed E-state index contributed by atoms with van der Waals surface area (Å²) in [5, 5.41) is 9.58. The molecule has 1 fully saturated rings. The summed E-state index contributed by atoms with van der Waals surface area (Å²) < 4.78 is 37.6. The maximum Gasteiger partial charge on any atom is 0.418 e. The number of halogens is 3. The van der Waals surface area contributed by atoms with Crippen LogP contribution in [0.1, 0.15) is 24.0 Å². The average Bonchev–Trinajstić information content (AvgIpc) is 2.82. The third-order valence-electron chi connectivity index (χ3n) is 2.56. The van der Waals surface area contributed by atoms with Crippen LogP contribution in [0.3, 0.4) is 0 Å². The van der Waals surface area contributed by atoms with Crippen LogP contribution in [0, 0.1) is 0 Å². The molecule has 15 heavy (non-hydrogen) atoms. The van der Waals surface area contributed by atoms with Crippen molar-refractivity contribution in [2.75, 3.05) is 0 Å². The van der Waals surface area contributed by atoms with Gasteiger partial charge < -0.3 is 5.11 Å². The Balaban J connectivity index is 2.30. The highest BCUT2D eigenvalue weighted by Crippen LogP contribution is 2.41. The summed E-state index contributed by atoms with van der Waals surface area (Å²) in [5.41, 5.74) is -1.54. The molecule has 0 unspecified atom stereocenters. The van der Waals surface area contributed by atoms with Gasteiger partial charge in [-0.25, -0.2) is 0 Å². The topological polar surface area (TPSA) is 33.1 Å². The van der Waals surface area contributed by atoms with Crippen LogP contribution in [0.2, 0.25) is 0 Å². The zero-order valence-electron chi connectivity index (χ0n) is 7.88. The summed E-state index contributed by atoms with van der Waals surface area (Å²) in [4.78, 5) is 3.46. The van der Waals surface area contributed by atoms with Gasteiger partial charge >= 0.3 is 6.18 Å². The first-order valence-electron chi connectivity index (χ1n) is 4.63. The molecule has 1 aromatic heterocycles. The Morgan fingerprint density at radius 2 is 2.07 bits per heavy atom. The molecule has 5 heteroatoms. The van der Waals surface area contributed by atoms with Crippen molar-refractivity contribution in [1.82, 2.24) is 4.98 Å². The molecule has 1 aliphatic carbocycles. The van der Waals surface area contributed by atoms with Crippen molar-refractivity contribution < 1.29 is 18.3 Å². The van der Waals surface area contributed by atoms with E-state index in [1.165, 1.54) is 12.3 Å². The van der Waals surface area contributed by atoms with Gasteiger partial charge in [-0.05, 0) is 24.5 Å². The molecule has 0 bridgehead atoms. The van der Waals surface area contributed by atoms with Gasteiger partial charge in [-0.2, -0.15) is 13.2 Å². The molecular formula is C10H10F3NO. The van der Waals surface area contributed by atoms with Gasteiger partial charge in [0.15, 0.2) is 0 Å². The number of aromatic nitrogens is 1. The molecule has 82 valence electrons. The van der Waals surface area contributed by atoms with Crippen LogP contribution in [0.25, 0.3) is 0 Å². The molecule has 2 nitrogen and oxygen atoms in total. The molecular weight excluding hydrogens is 207 g/mol. The number of nitrogens with zero attached hydrogens (tertiary/aromatic N) is 1. The van der Waals surface area contributed by atoms with E-state index in [0.29, 0.717) is 12.8 Å². The van der Waals surface area contributed by atoms with Crippen LogP contribution >= 0.6 is 0 Å². The van der Waals surface area contributed by atoms with E-state index in [-0.39, 0.29) is 12.0 Å². The first-order chi connectivity index (χ1) is 6.91. The van der Waals surface area contributed by atoms with Crippen LogP contribution in [-0.4, -0.2) is 15.7 Å². The molecule has 0 saturated heterocycles. The van der Waals surface area contributed by atoms with Crippen molar-refractivity contribution in [2.24, 2.45) is 0 Å². The van der Waals surface area contributed by atoms with Crippen LogP contribution in [0.5, 0.6) is 0 Å². The standard InChI is InChI=1S/C10H10F3NO/c11-10(12,13)8-6-14-4-1-7(8)5-9(15)2-3-9/h1,4,6,15H,2-3,5H2. The highest BCUT2D eigenvalue weighted by atomic mass is 19.4. The fraction of sp³-hybridized carbons (Fsp3) is 0.500. The quantitative estimate of drug-likeness (QED) is 0.823. The van der Waals surface area contributed by atoms with Crippen molar-refractivity contribution in [1.29, 1.82) is 0 Å². The maximum absolute atomic E-state index is 12.5. The maximum atomic E-state index is 12.5. The molecule has 1 saturated carbocycles. The van der Waals surface area contributed by atoms with E-state index in [0.717, 1.165) is 6.20 Å². The number of pyridine rings is 1. The van der Waals surface area contributed by atoms with Crippen molar-refractivity contribution in [2.45, 2.75) is 31.0 Å². The van der Waals surface area contributed by atoms with Gasteiger partial charge in [-0.15, -0.1) is 0 Å². The van der Waals surface area contributed by atoms with Gasteiger partial charge in [-0.3, -0.25) is 4.98 Å². The average molecular weight is 217 g/mol. The third-order valence-corrected chi connectivity index (χ3v) is 2.56. The van der Waals surface area contributed by atoms with Crippen LogP contribution in [0.4, 0.5) is 13.2 Å². The fourth-order valence-electron chi connectivity index (χ4n) is 1.51. The number of aliphatic hydroxyl groups is 1. The molecule has 0 aliphatic heterocycles. The molecule has 0 amide bonds. The SMILES string of the molecule is OC1(Cc2ccncc2C(F)(F)F)CC1. The van der Waals surface area contributed by atoms with Crippen molar-refractivity contribution in [3.8, 4) is 0 Å². The molecule has 1 aliphatic rings. The van der Waals surface area contributed by atoms with E-state index in [1.54, 1.807) is 0 Å². The second-order valence-corrected chi connectivity index (χ2v) is 3.93. The van der Waals surface area contributed by atoms with Crippen LogP contribution < -0.4 is 0 Å². The first kappa shape index (κ1) is 10.4. The van der Waals surface area contributed by atoms with Crippen molar-refractivity contribution in [3.05, 3.63) is 29.6 Å². The summed E-state index contributed by atoms with van der Waals surface area (Å²) in [6.07, 6.45) is -1.06. The second kappa shape index (κ2) is 3.20. The fourth-order valence-corrected chi connectivity index (χ4v) is 1.51. The van der Waals surface area contributed by atoms with Gasteiger partial charge in [-0.1, -0.05) is 0 Å². The lowest BCUT2D eigenvalue weighted by Crippen LogP contribution is -2.16. The lowest BCUT2D eigenvalue weighted by molar-refractivity contribution is -0.138. The van der Waals surface area contributed by atoms with Gasteiger partial charge in [0.2, 0.25) is 0 Å². The predicted molar refractivity (Wildman–Crippen MR) is 47.1 cm³/mol. The van der Waals surface area contributed by atoms with Crippen molar-refractivity contribution in [3.63, 3.8) is 0 Å². The summed E-state index contributed by atoms with van der Waals surface area (Å²) in [7, 11) is 0. The van der Waals surface area contributed by atoms with Crippen LogP contribution in [0.15, 0.2) is 18.5 Å². The Morgan fingerprint density at radius 1 is 1.40 bits per heavy atom. The van der Waals surface area contributed by atoms with Gasteiger partial charge in [0.25, 0.3) is 0 Å². The third kappa shape index (κ3) is 2.28. The van der Waals surface area contributed by atoms with E-state index in [2.05, 4.69) is 4.98 Å². The summed E-state index contributed by atoms with van der Waals surface area (Å²) in [6.45, 7) is 0. The monoisotopic (exact) mass is 217 g/mol. The summed E-state index contributed by atoms with van der Waals surface area (Å²) >= 11 is 0. The normalized spacial score (nSPS) is 18.9. The highest BCUT2D eigenvalue weighted by molar-refractivity contribution is 5.28. The minimum atomic E-state index is -4.39. The van der Waals surface area contributed by atoms with E-state index >= 15 is 0 Å². The van der Waals surface area contributed by atoms with E-state index in [9.17, 15) is 18.3 Å². The van der Waals surface area contributed by atoms with E-state index in [4.69, 9.17) is 0 Å². The molecule has 0 spiro atoms. The largest absolute Gasteiger partial charge is 0.418 e. The molecule has 1 heterocycles. The van der Waals surface area contributed by atoms with Gasteiger partial charge in [0.05, 0.1) is 11.2 Å². The zero-order valence-corrected chi connectivity index (χ0v) is 7.88. The Labute approximate surface area is 84.8 Å². The van der Waals surface area contributed by atoms with Crippen molar-refractivity contribution >= 4 is 0 Å². The Hall–Kier alpha value is -1.10. The zero-order chi connectivity index (χ0) is 11.1. The molecule has 0 aromatic carbocycles. The van der Waals surface area contributed by atoms with Gasteiger partial charge in [0.1, 0.15) is 0 Å². The summed E-state index contributed by atoms with van der Waals surface area (Å²) in [6, 6.07) is 1.32. The minimum absolute atomic E-state index is 0.0599. The molecule has 0 atom stereocenters. The first-order valence-corrected chi connectivity index (χ1v) is 4.63. The molecule has 2 rings (SSSR count). The Kier molecular flexibility index (Phi) is 2.22. The number of rotatable bonds is 2. The highest BCUT2D eigenvalue weighted by Gasteiger charge is 2.43. The molecule has 0 radical (unpaired) electrons.